The molecule has 5 unspecified atom stereocenters. The lowest BCUT2D eigenvalue weighted by Crippen LogP contribution is -2.46. The van der Waals surface area contributed by atoms with E-state index in [1.807, 2.05) is 0 Å². The molecule has 2 saturated carbocycles. The Kier molecular flexibility index (Phi) is 3.71. The van der Waals surface area contributed by atoms with E-state index in [1.165, 1.54) is 0 Å². The lowest BCUT2D eigenvalue weighted by molar-refractivity contribution is -0.176. The van der Waals surface area contributed by atoms with Crippen molar-refractivity contribution in [1.29, 1.82) is 0 Å². The first-order chi connectivity index (χ1) is 10.9. The molecule has 2 bridgehead atoms. The summed E-state index contributed by atoms with van der Waals surface area (Å²) >= 11 is 0. The molecular weight excluding hydrogens is 324 g/mol. The fourth-order valence-corrected chi connectivity index (χ4v) is 6.21. The summed E-state index contributed by atoms with van der Waals surface area (Å²) in [5.74, 6) is -0.214. The number of hydrogen-bond donors (Lipinski definition) is 0. The molecule has 4 rings (SSSR count). The molecule has 5 atom stereocenters. The highest BCUT2D eigenvalue weighted by Gasteiger charge is 2.64. The van der Waals surface area contributed by atoms with Crippen LogP contribution >= 0.6 is 0 Å². The third-order valence-electron chi connectivity index (χ3n) is 5.91. The Morgan fingerprint density at radius 1 is 1.30 bits per heavy atom. The number of ether oxygens (including phenoxy) is 3. The minimum Gasteiger partial charge on any atom is -0.463 e. The number of carbonyl (C=O) groups is 1. The van der Waals surface area contributed by atoms with Crippen LogP contribution in [0, 0.1) is 17.3 Å². The molecule has 0 spiro atoms. The molecule has 4 aliphatic rings. The van der Waals surface area contributed by atoms with Crippen LogP contribution in [0.1, 0.15) is 26.2 Å². The maximum absolute atomic E-state index is 11.9. The van der Waals surface area contributed by atoms with Crippen molar-refractivity contribution in [1.82, 2.24) is 0 Å². The number of esters is 1. The second kappa shape index (κ2) is 5.40. The smallest absolute Gasteiger partial charge is 0.332 e. The highest BCUT2D eigenvalue weighted by Crippen LogP contribution is 2.55. The summed E-state index contributed by atoms with van der Waals surface area (Å²) in [7, 11) is -3.44. The molecule has 8 heteroatoms. The summed E-state index contributed by atoms with van der Waals surface area (Å²) in [4.78, 5) is 11.9. The second-order valence-corrected chi connectivity index (χ2v) is 9.05. The van der Waals surface area contributed by atoms with Crippen LogP contribution in [0.2, 0.25) is 0 Å². The molecule has 2 heterocycles. The van der Waals surface area contributed by atoms with E-state index in [1.54, 1.807) is 0 Å². The van der Waals surface area contributed by atoms with Gasteiger partial charge in [0.2, 0.25) is 0 Å². The van der Waals surface area contributed by atoms with Crippen LogP contribution in [0.3, 0.4) is 0 Å². The summed E-state index contributed by atoms with van der Waals surface area (Å²) in [6, 6.07) is 0. The van der Waals surface area contributed by atoms with Gasteiger partial charge in [-0.05, 0) is 25.2 Å². The maximum Gasteiger partial charge on any atom is 0.332 e. The third-order valence-corrected chi connectivity index (χ3v) is 7.69. The highest BCUT2D eigenvalue weighted by atomic mass is 32.2. The molecule has 130 valence electrons. The zero-order valence-corrected chi connectivity index (χ0v) is 13.9. The fourth-order valence-electron chi connectivity index (χ4n) is 4.33. The van der Waals surface area contributed by atoms with E-state index in [0.717, 1.165) is 12.8 Å². The Morgan fingerprint density at radius 3 is 2.74 bits per heavy atom. The number of rotatable bonds is 6. The Morgan fingerprint density at radius 2 is 2.09 bits per heavy atom. The second-order valence-electron chi connectivity index (χ2n) is 7.27. The molecule has 7 nitrogen and oxygen atoms in total. The van der Waals surface area contributed by atoms with Crippen LogP contribution in [0.15, 0.2) is 0 Å². The van der Waals surface area contributed by atoms with Crippen molar-refractivity contribution in [3.05, 3.63) is 0 Å². The van der Waals surface area contributed by atoms with Crippen LogP contribution in [-0.4, -0.2) is 58.3 Å². The summed E-state index contributed by atoms with van der Waals surface area (Å²) < 4.78 is 45.1. The van der Waals surface area contributed by atoms with E-state index in [9.17, 15) is 13.2 Å². The largest absolute Gasteiger partial charge is 0.463 e. The van der Waals surface area contributed by atoms with Crippen LogP contribution in [0.5, 0.6) is 0 Å². The van der Waals surface area contributed by atoms with Crippen molar-refractivity contribution >= 4 is 16.1 Å². The van der Waals surface area contributed by atoms with E-state index in [4.69, 9.17) is 18.4 Å². The summed E-state index contributed by atoms with van der Waals surface area (Å²) in [6.07, 6.45) is 1.57. The van der Waals surface area contributed by atoms with Gasteiger partial charge in [-0.2, -0.15) is 8.42 Å². The van der Waals surface area contributed by atoms with Gasteiger partial charge in [-0.3, -0.25) is 4.18 Å². The fraction of sp³-hybridized carbons (Fsp3) is 0.933. The molecule has 2 aliphatic heterocycles. The average Bonchev–Trinajstić information content (AvgIpc) is 3.07. The van der Waals surface area contributed by atoms with Crippen LogP contribution < -0.4 is 0 Å². The quantitative estimate of drug-likeness (QED) is 0.510. The Balaban J connectivity index is 1.28. The first-order valence-electron chi connectivity index (χ1n) is 8.21. The number of hydrogen-bond acceptors (Lipinski definition) is 7. The van der Waals surface area contributed by atoms with Gasteiger partial charge in [0, 0.05) is 5.92 Å². The first-order valence-corrected chi connectivity index (χ1v) is 9.68. The van der Waals surface area contributed by atoms with Crippen molar-refractivity contribution in [3.8, 4) is 0 Å². The first kappa shape index (κ1) is 15.8. The van der Waals surface area contributed by atoms with E-state index in [2.05, 4.69) is 6.92 Å². The zero-order valence-electron chi connectivity index (χ0n) is 13.1. The lowest BCUT2D eigenvalue weighted by atomic mass is 9.84. The predicted octanol–water partition coefficient (Wildman–Crippen LogP) is 0.478. The van der Waals surface area contributed by atoms with Gasteiger partial charge in [0.1, 0.15) is 19.3 Å². The van der Waals surface area contributed by atoms with Crippen LogP contribution in [-0.2, 0) is 33.3 Å². The lowest BCUT2D eigenvalue weighted by Gasteiger charge is -2.39. The van der Waals surface area contributed by atoms with Crippen molar-refractivity contribution < 1.29 is 31.6 Å². The van der Waals surface area contributed by atoms with Gasteiger partial charge >= 0.3 is 5.97 Å². The van der Waals surface area contributed by atoms with E-state index in [-0.39, 0.29) is 35.2 Å². The molecule has 4 fully saturated rings. The molecule has 0 aromatic heterocycles. The number of fused-ring (bicyclic) bond motifs is 1. The van der Waals surface area contributed by atoms with Gasteiger partial charge in [-0.25, -0.2) is 4.79 Å². The molecule has 0 aromatic rings. The average molecular weight is 346 g/mol. The van der Waals surface area contributed by atoms with Crippen molar-refractivity contribution in [2.45, 2.75) is 43.6 Å². The van der Waals surface area contributed by atoms with Gasteiger partial charge in [0.25, 0.3) is 10.1 Å². The summed E-state index contributed by atoms with van der Waals surface area (Å²) in [6.45, 7) is 3.49. The minimum atomic E-state index is -3.44. The highest BCUT2D eigenvalue weighted by molar-refractivity contribution is 7.87. The van der Waals surface area contributed by atoms with E-state index < -0.39 is 22.2 Å². The molecule has 23 heavy (non-hydrogen) atoms. The van der Waals surface area contributed by atoms with Crippen molar-refractivity contribution in [3.63, 3.8) is 0 Å². The molecule has 2 saturated heterocycles. The van der Waals surface area contributed by atoms with Crippen LogP contribution in [0.4, 0.5) is 0 Å². The van der Waals surface area contributed by atoms with Gasteiger partial charge in [0.15, 0.2) is 0 Å². The number of carbonyl (C=O) groups excluding carboxylic acids is 1. The molecule has 2 aliphatic carbocycles. The van der Waals surface area contributed by atoms with Gasteiger partial charge in [-0.1, -0.05) is 6.92 Å². The Labute approximate surface area is 135 Å². The minimum absolute atomic E-state index is 0.0292. The van der Waals surface area contributed by atoms with Gasteiger partial charge < -0.3 is 14.2 Å². The monoisotopic (exact) mass is 346 g/mol. The molecular formula is C15H22O7S. The Bertz CT molecular complexity index is 591. The van der Waals surface area contributed by atoms with Gasteiger partial charge in [0.05, 0.1) is 30.0 Å². The van der Waals surface area contributed by atoms with E-state index >= 15 is 0 Å². The van der Waals surface area contributed by atoms with Crippen molar-refractivity contribution in [2.24, 2.45) is 17.3 Å². The van der Waals surface area contributed by atoms with Gasteiger partial charge in [-0.15, -0.1) is 0 Å². The van der Waals surface area contributed by atoms with Crippen molar-refractivity contribution in [2.75, 3.05) is 26.4 Å². The zero-order chi connectivity index (χ0) is 16.2. The topological polar surface area (TPSA) is 88.1 Å². The maximum atomic E-state index is 11.9. The molecule has 0 radical (unpaired) electrons. The normalized spacial score (nSPS) is 41.7. The Hall–Kier alpha value is -0.700. The summed E-state index contributed by atoms with van der Waals surface area (Å²) in [5, 5.41) is -0.368. The van der Waals surface area contributed by atoms with Crippen LogP contribution in [0.25, 0.3) is 0 Å². The predicted molar refractivity (Wildman–Crippen MR) is 78.0 cm³/mol. The molecule has 0 N–H and O–H groups in total. The molecule has 0 amide bonds. The SMILES string of the molecule is CCC1(COC(=O)COC2C3CC4C2OS(=O)(=O)C4C3)COC1. The molecule has 0 aromatic carbocycles. The third kappa shape index (κ3) is 2.50. The standard InChI is InChI=1S/C15H22O7S/c1-2-15(6-19-7-15)8-21-12(16)5-20-13-9-3-10-11(4-9)23(17,18)22-14(10)13/h9-11,13-14H,2-8H2,1H3. The summed E-state index contributed by atoms with van der Waals surface area (Å²) in [5.41, 5.74) is -0.0437. The van der Waals surface area contributed by atoms with E-state index in [0.29, 0.717) is 26.2 Å².